The van der Waals surface area contributed by atoms with E-state index < -0.39 is 24.2 Å². The van der Waals surface area contributed by atoms with Gasteiger partial charge in [-0.05, 0) is 32.1 Å². The van der Waals surface area contributed by atoms with Gasteiger partial charge in [-0.3, -0.25) is 14.9 Å². The molecule has 1 aliphatic rings. The van der Waals surface area contributed by atoms with Crippen LogP contribution in [-0.2, 0) is 9.59 Å². The lowest BCUT2D eigenvalue weighted by Gasteiger charge is -2.32. The van der Waals surface area contributed by atoms with Gasteiger partial charge in [0.05, 0.1) is 12.1 Å². The molecule has 22 heavy (non-hydrogen) atoms. The molecule has 1 heterocycles. The molecule has 0 unspecified atom stereocenters. The first kappa shape index (κ1) is 18.4. The Morgan fingerprint density at radius 1 is 1.50 bits per heavy atom. The second-order valence-electron chi connectivity index (χ2n) is 5.67. The van der Waals surface area contributed by atoms with E-state index in [4.69, 9.17) is 0 Å². The summed E-state index contributed by atoms with van der Waals surface area (Å²) in [4.78, 5) is 22.7. The summed E-state index contributed by atoms with van der Waals surface area (Å²) >= 11 is 0. The van der Waals surface area contributed by atoms with E-state index in [2.05, 4.69) is 17.2 Å². The lowest BCUT2D eigenvalue weighted by Crippen LogP contribution is -2.56. The monoisotopic (exact) mass is 310 g/mol. The Kier molecular flexibility index (Phi) is 7.27. The van der Waals surface area contributed by atoms with E-state index in [0.717, 1.165) is 0 Å². The first-order valence-corrected chi connectivity index (χ1v) is 7.58. The van der Waals surface area contributed by atoms with E-state index in [1.54, 1.807) is 6.08 Å². The van der Waals surface area contributed by atoms with E-state index in [9.17, 15) is 19.8 Å². The van der Waals surface area contributed by atoms with Crippen LogP contribution in [0.2, 0.25) is 0 Å². The van der Waals surface area contributed by atoms with Crippen molar-refractivity contribution in [2.45, 2.75) is 57.3 Å². The molecule has 124 valence electrons. The normalized spacial score (nSPS) is 27.5. The lowest BCUT2D eigenvalue weighted by atomic mass is 9.89. The van der Waals surface area contributed by atoms with Gasteiger partial charge >= 0.3 is 5.97 Å². The molecule has 0 spiro atoms. The SMILES string of the molecule is C=CCC[C@H](O)[C@H](NC(C)=O)[C@@H]1N[C@@H](C(=O)O)C[C@H]1/C=C\C. The molecular formula is C16H26N2O4. The van der Waals surface area contributed by atoms with Crippen LogP contribution in [0.1, 0.15) is 33.1 Å². The summed E-state index contributed by atoms with van der Waals surface area (Å²) in [7, 11) is 0. The van der Waals surface area contributed by atoms with Crippen molar-refractivity contribution >= 4 is 11.9 Å². The zero-order valence-corrected chi connectivity index (χ0v) is 13.2. The fourth-order valence-corrected chi connectivity index (χ4v) is 2.96. The molecular weight excluding hydrogens is 284 g/mol. The number of aliphatic carboxylic acids is 1. The Balaban J connectivity index is 2.95. The van der Waals surface area contributed by atoms with Crippen LogP contribution in [-0.4, -0.2) is 46.3 Å². The Hall–Kier alpha value is -1.66. The van der Waals surface area contributed by atoms with Gasteiger partial charge in [0.2, 0.25) is 5.91 Å². The fourth-order valence-electron chi connectivity index (χ4n) is 2.96. The number of nitrogens with one attached hydrogen (secondary N) is 2. The molecule has 0 aromatic rings. The van der Waals surface area contributed by atoms with Gasteiger partial charge in [0.1, 0.15) is 6.04 Å². The summed E-state index contributed by atoms with van der Waals surface area (Å²) in [5, 5.41) is 25.4. The quantitative estimate of drug-likeness (QED) is 0.498. The number of rotatable bonds is 8. The Morgan fingerprint density at radius 3 is 2.68 bits per heavy atom. The Bertz CT molecular complexity index is 436. The van der Waals surface area contributed by atoms with Crippen LogP contribution in [0.4, 0.5) is 0 Å². The van der Waals surface area contributed by atoms with E-state index in [1.165, 1.54) is 6.92 Å². The van der Waals surface area contributed by atoms with Crippen molar-refractivity contribution in [3.05, 3.63) is 24.8 Å². The fraction of sp³-hybridized carbons (Fsp3) is 0.625. The number of carboxylic acid groups (broad SMARTS) is 1. The minimum absolute atomic E-state index is 0.0543. The number of aliphatic hydroxyl groups excluding tert-OH is 1. The first-order valence-electron chi connectivity index (χ1n) is 7.58. The molecule has 0 aromatic carbocycles. The minimum atomic E-state index is -0.917. The third-order valence-electron chi connectivity index (χ3n) is 3.94. The number of hydrogen-bond acceptors (Lipinski definition) is 4. The van der Waals surface area contributed by atoms with Crippen LogP contribution in [0.25, 0.3) is 0 Å². The zero-order chi connectivity index (χ0) is 16.7. The van der Waals surface area contributed by atoms with Crippen molar-refractivity contribution in [2.75, 3.05) is 0 Å². The maximum absolute atomic E-state index is 11.5. The predicted molar refractivity (Wildman–Crippen MR) is 84.3 cm³/mol. The molecule has 1 amide bonds. The van der Waals surface area contributed by atoms with Crippen molar-refractivity contribution < 1.29 is 19.8 Å². The largest absolute Gasteiger partial charge is 0.480 e. The first-order chi connectivity index (χ1) is 10.4. The second-order valence-corrected chi connectivity index (χ2v) is 5.67. The summed E-state index contributed by atoms with van der Waals surface area (Å²) < 4.78 is 0. The molecule has 6 nitrogen and oxygen atoms in total. The maximum Gasteiger partial charge on any atom is 0.320 e. The van der Waals surface area contributed by atoms with Gasteiger partial charge in [-0.15, -0.1) is 6.58 Å². The highest BCUT2D eigenvalue weighted by Crippen LogP contribution is 2.27. The molecule has 5 atom stereocenters. The van der Waals surface area contributed by atoms with Crippen molar-refractivity contribution in [1.29, 1.82) is 0 Å². The van der Waals surface area contributed by atoms with Gasteiger partial charge in [0, 0.05) is 13.0 Å². The number of allylic oxidation sites excluding steroid dienone is 2. The predicted octanol–water partition coefficient (Wildman–Crippen LogP) is 0.826. The Morgan fingerprint density at radius 2 is 2.18 bits per heavy atom. The molecule has 0 radical (unpaired) electrons. The molecule has 6 heteroatoms. The second kappa shape index (κ2) is 8.70. The third kappa shape index (κ3) is 4.96. The van der Waals surface area contributed by atoms with E-state index in [0.29, 0.717) is 19.3 Å². The average Bonchev–Trinajstić information content (AvgIpc) is 2.86. The molecule has 1 aliphatic heterocycles. The van der Waals surface area contributed by atoms with Gasteiger partial charge in [-0.1, -0.05) is 18.2 Å². The lowest BCUT2D eigenvalue weighted by molar-refractivity contribution is -0.139. The summed E-state index contributed by atoms with van der Waals surface area (Å²) in [6, 6.07) is -1.53. The summed E-state index contributed by atoms with van der Waals surface area (Å²) in [5.41, 5.74) is 0. The zero-order valence-electron chi connectivity index (χ0n) is 13.2. The van der Waals surface area contributed by atoms with Gasteiger partial charge < -0.3 is 15.5 Å². The number of carboxylic acids is 1. The van der Waals surface area contributed by atoms with Crippen molar-refractivity contribution in [1.82, 2.24) is 10.6 Å². The van der Waals surface area contributed by atoms with Crippen molar-refractivity contribution in [3.8, 4) is 0 Å². The van der Waals surface area contributed by atoms with Crippen LogP contribution >= 0.6 is 0 Å². The molecule has 1 fully saturated rings. The highest BCUT2D eigenvalue weighted by molar-refractivity contribution is 5.75. The van der Waals surface area contributed by atoms with E-state index in [-0.39, 0.29) is 17.9 Å². The standard InChI is InChI=1S/C16H26N2O4/c1-4-6-8-13(20)15(17-10(3)19)14-11(7-5-2)9-12(18-14)16(21)22/h4-5,7,11-15,18,20H,1,6,8-9H2,2-3H3,(H,17,19)(H,21,22)/b7-5-/t11-,12-,13+,14-,15+/m1/s1. The summed E-state index contributed by atoms with van der Waals surface area (Å²) in [6.45, 7) is 6.89. The van der Waals surface area contributed by atoms with E-state index >= 15 is 0 Å². The molecule has 4 N–H and O–H groups in total. The van der Waals surface area contributed by atoms with Crippen LogP contribution in [0, 0.1) is 5.92 Å². The maximum atomic E-state index is 11.5. The smallest absolute Gasteiger partial charge is 0.320 e. The minimum Gasteiger partial charge on any atom is -0.480 e. The third-order valence-corrected chi connectivity index (χ3v) is 3.94. The van der Waals surface area contributed by atoms with Gasteiger partial charge in [-0.25, -0.2) is 0 Å². The number of hydrogen-bond donors (Lipinski definition) is 4. The summed E-state index contributed by atoms with van der Waals surface area (Å²) in [5.74, 6) is -1.22. The number of amides is 1. The van der Waals surface area contributed by atoms with Crippen molar-refractivity contribution in [2.24, 2.45) is 5.92 Å². The number of carbonyl (C=O) groups is 2. The Labute approximate surface area is 131 Å². The van der Waals surface area contributed by atoms with E-state index in [1.807, 2.05) is 19.1 Å². The number of carbonyl (C=O) groups excluding carboxylic acids is 1. The average molecular weight is 310 g/mol. The molecule has 1 rings (SSSR count). The number of aliphatic hydroxyl groups is 1. The molecule has 0 bridgehead atoms. The molecule has 1 saturated heterocycles. The topological polar surface area (TPSA) is 98.7 Å². The van der Waals surface area contributed by atoms with Crippen LogP contribution in [0.15, 0.2) is 24.8 Å². The highest BCUT2D eigenvalue weighted by atomic mass is 16.4. The summed E-state index contributed by atoms with van der Waals surface area (Å²) in [6.07, 6.45) is 6.27. The van der Waals surface area contributed by atoms with Crippen LogP contribution < -0.4 is 10.6 Å². The van der Waals surface area contributed by atoms with Crippen molar-refractivity contribution in [3.63, 3.8) is 0 Å². The molecule has 0 saturated carbocycles. The van der Waals surface area contributed by atoms with Gasteiger partial charge in [0.15, 0.2) is 0 Å². The molecule has 0 aromatic heterocycles. The van der Waals surface area contributed by atoms with Gasteiger partial charge in [-0.2, -0.15) is 0 Å². The molecule has 0 aliphatic carbocycles. The highest BCUT2D eigenvalue weighted by Gasteiger charge is 2.42. The van der Waals surface area contributed by atoms with Crippen LogP contribution in [0.3, 0.4) is 0 Å². The van der Waals surface area contributed by atoms with Gasteiger partial charge in [0.25, 0.3) is 0 Å². The van der Waals surface area contributed by atoms with Crippen LogP contribution in [0.5, 0.6) is 0 Å².